The van der Waals surface area contributed by atoms with Crippen LogP contribution in [0.2, 0.25) is 0 Å². The van der Waals surface area contributed by atoms with Gasteiger partial charge in [0.2, 0.25) is 0 Å². The van der Waals surface area contributed by atoms with Gasteiger partial charge in [-0.2, -0.15) is 0 Å². The second-order valence-corrected chi connectivity index (χ2v) is 4.58. The van der Waals surface area contributed by atoms with Crippen molar-refractivity contribution in [2.75, 3.05) is 5.32 Å². The van der Waals surface area contributed by atoms with E-state index < -0.39 is 4.92 Å². The van der Waals surface area contributed by atoms with Crippen molar-refractivity contribution >= 4 is 22.7 Å². The van der Waals surface area contributed by atoms with Crippen molar-refractivity contribution in [1.29, 1.82) is 0 Å². The Morgan fingerprint density at radius 2 is 2.28 bits per heavy atom. The van der Waals surface area contributed by atoms with Gasteiger partial charge in [-0.15, -0.1) is 0 Å². The van der Waals surface area contributed by atoms with Crippen molar-refractivity contribution in [3.63, 3.8) is 0 Å². The number of anilines is 1. The van der Waals surface area contributed by atoms with Gasteiger partial charge in [0, 0.05) is 28.4 Å². The molecule has 1 aromatic heterocycles. The van der Waals surface area contributed by atoms with E-state index >= 15 is 0 Å². The lowest BCUT2D eigenvalue weighted by atomic mass is 10.1. The van der Waals surface area contributed by atoms with Crippen LogP contribution in [-0.2, 0) is 6.54 Å². The van der Waals surface area contributed by atoms with Gasteiger partial charge in [0.05, 0.1) is 11.5 Å². The van der Waals surface area contributed by atoms with Crippen molar-refractivity contribution in [2.45, 2.75) is 13.5 Å². The van der Waals surface area contributed by atoms with Crippen molar-refractivity contribution in [1.82, 2.24) is 4.98 Å². The molecule has 0 aliphatic carbocycles. The lowest BCUT2D eigenvalue weighted by Gasteiger charge is -2.08. The van der Waals surface area contributed by atoms with Gasteiger partial charge in [0.1, 0.15) is 0 Å². The predicted molar refractivity (Wildman–Crippen MR) is 70.1 cm³/mol. The molecule has 1 heterocycles. The summed E-state index contributed by atoms with van der Waals surface area (Å²) in [5, 5.41) is 15.6. The van der Waals surface area contributed by atoms with E-state index in [1.54, 1.807) is 24.4 Å². The second-order valence-electron chi connectivity index (χ2n) is 3.73. The highest BCUT2D eigenvalue weighted by atomic mass is 32.1. The van der Waals surface area contributed by atoms with Gasteiger partial charge in [-0.1, -0.05) is 17.4 Å². The van der Waals surface area contributed by atoms with Crippen LogP contribution in [0.4, 0.5) is 11.4 Å². The van der Waals surface area contributed by atoms with Crippen LogP contribution in [0.15, 0.2) is 28.4 Å². The van der Waals surface area contributed by atoms with Gasteiger partial charge >= 0.3 is 4.87 Å². The van der Waals surface area contributed by atoms with Crippen molar-refractivity contribution in [2.24, 2.45) is 0 Å². The molecule has 18 heavy (non-hydrogen) atoms. The SMILES string of the molecule is Cc1c(NCc2csc(=O)[nH]2)cccc1[N+](=O)[O-]. The molecule has 0 radical (unpaired) electrons. The Hall–Kier alpha value is -2.15. The Morgan fingerprint density at radius 3 is 2.89 bits per heavy atom. The third-order valence-electron chi connectivity index (χ3n) is 2.54. The van der Waals surface area contributed by atoms with Crippen LogP contribution in [-0.4, -0.2) is 9.91 Å². The maximum atomic E-state index is 11.0. The number of rotatable bonds is 4. The van der Waals surface area contributed by atoms with Crippen LogP contribution in [0.5, 0.6) is 0 Å². The summed E-state index contributed by atoms with van der Waals surface area (Å²) < 4.78 is 0. The normalized spacial score (nSPS) is 10.3. The summed E-state index contributed by atoms with van der Waals surface area (Å²) in [6, 6.07) is 4.86. The molecule has 0 saturated carbocycles. The van der Waals surface area contributed by atoms with Crippen molar-refractivity contribution < 1.29 is 4.92 Å². The minimum Gasteiger partial charge on any atom is -0.379 e. The third kappa shape index (κ3) is 2.57. The molecule has 0 aliphatic rings. The molecule has 2 aromatic rings. The number of nitro groups is 1. The molecule has 0 spiro atoms. The quantitative estimate of drug-likeness (QED) is 0.655. The van der Waals surface area contributed by atoms with E-state index in [2.05, 4.69) is 10.3 Å². The fraction of sp³-hybridized carbons (Fsp3) is 0.182. The molecule has 0 fully saturated rings. The molecule has 6 nitrogen and oxygen atoms in total. The van der Waals surface area contributed by atoms with E-state index in [0.29, 0.717) is 17.8 Å². The summed E-state index contributed by atoms with van der Waals surface area (Å²) in [4.78, 5) is 23.9. The summed E-state index contributed by atoms with van der Waals surface area (Å²) in [7, 11) is 0. The summed E-state index contributed by atoms with van der Waals surface area (Å²) in [5.74, 6) is 0. The van der Waals surface area contributed by atoms with E-state index in [-0.39, 0.29) is 10.6 Å². The van der Waals surface area contributed by atoms with Gasteiger partial charge in [0.25, 0.3) is 5.69 Å². The van der Waals surface area contributed by atoms with E-state index in [9.17, 15) is 14.9 Å². The number of benzene rings is 1. The van der Waals surface area contributed by atoms with Gasteiger partial charge in [-0.3, -0.25) is 14.9 Å². The average Bonchev–Trinajstić information content (AvgIpc) is 2.73. The fourth-order valence-corrected chi connectivity index (χ4v) is 2.19. The van der Waals surface area contributed by atoms with Crippen molar-refractivity contribution in [3.05, 3.63) is 54.6 Å². The molecule has 94 valence electrons. The highest BCUT2D eigenvalue weighted by Gasteiger charge is 2.12. The summed E-state index contributed by atoms with van der Waals surface area (Å²) >= 11 is 1.09. The zero-order chi connectivity index (χ0) is 13.1. The number of aromatic nitrogens is 1. The highest BCUT2D eigenvalue weighted by Crippen LogP contribution is 2.25. The number of hydrogen-bond donors (Lipinski definition) is 2. The molecule has 0 aliphatic heterocycles. The molecular formula is C11H11N3O3S. The Bertz CT molecular complexity index is 632. The molecule has 2 N–H and O–H groups in total. The van der Waals surface area contributed by atoms with Gasteiger partial charge in [-0.25, -0.2) is 0 Å². The largest absolute Gasteiger partial charge is 0.379 e. The number of thiazole rings is 1. The number of hydrogen-bond acceptors (Lipinski definition) is 5. The first-order chi connectivity index (χ1) is 8.58. The van der Waals surface area contributed by atoms with Crippen LogP contribution in [0, 0.1) is 17.0 Å². The Labute approximate surface area is 106 Å². The highest BCUT2D eigenvalue weighted by molar-refractivity contribution is 7.07. The third-order valence-corrected chi connectivity index (χ3v) is 3.26. The summed E-state index contributed by atoms with van der Waals surface area (Å²) in [5.41, 5.74) is 2.12. The zero-order valence-corrected chi connectivity index (χ0v) is 10.4. The number of aromatic amines is 1. The smallest absolute Gasteiger partial charge is 0.304 e. The molecule has 0 unspecified atom stereocenters. The van der Waals surface area contributed by atoms with E-state index in [0.717, 1.165) is 17.0 Å². The van der Waals surface area contributed by atoms with Gasteiger partial charge < -0.3 is 10.3 Å². The monoisotopic (exact) mass is 265 g/mol. The lowest BCUT2D eigenvalue weighted by molar-refractivity contribution is -0.385. The molecule has 0 saturated heterocycles. The predicted octanol–water partition coefficient (Wildman–Crippen LogP) is 2.27. The number of nitrogens with zero attached hydrogens (tertiary/aromatic N) is 1. The first-order valence-electron chi connectivity index (χ1n) is 5.22. The summed E-state index contributed by atoms with van der Waals surface area (Å²) in [6.07, 6.45) is 0. The van der Waals surface area contributed by atoms with Crippen LogP contribution < -0.4 is 10.2 Å². The number of nitrogens with one attached hydrogen (secondary N) is 2. The Morgan fingerprint density at radius 1 is 1.50 bits per heavy atom. The van der Waals surface area contributed by atoms with E-state index in [4.69, 9.17) is 0 Å². The Kier molecular flexibility index (Phi) is 3.42. The fourth-order valence-electron chi connectivity index (χ4n) is 1.60. The standard InChI is InChI=1S/C11H11N3O3S/c1-7-9(3-2-4-10(7)14(16)17)12-5-8-6-18-11(15)13-8/h2-4,6,12H,5H2,1H3,(H,13,15). The Balaban J connectivity index is 2.17. The maximum Gasteiger partial charge on any atom is 0.304 e. The lowest BCUT2D eigenvalue weighted by Crippen LogP contribution is -2.04. The van der Waals surface area contributed by atoms with Crippen LogP contribution >= 0.6 is 11.3 Å². The first-order valence-corrected chi connectivity index (χ1v) is 6.10. The van der Waals surface area contributed by atoms with E-state index in [1.807, 2.05) is 0 Å². The molecule has 0 atom stereocenters. The van der Waals surface area contributed by atoms with Crippen LogP contribution in [0.3, 0.4) is 0 Å². The molecular weight excluding hydrogens is 254 g/mol. The topological polar surface area (TPSA) is 88.0 Å². The van der Waals surface area contributed by atoms with Gasteiger partial charge in [0.15, 0.2) is 0 Å². The van der Waals surface area contributed by atoms with Crippen LogP contribution in [0.25, 0.3) is 0 Å². The molecule has 7 heteroatoms. The molecule has 1 aromatic carbocycles. The zero-order valence-electron chi connectivity index (χ0n) is 9.60. The summed E-state index contributed by atoms with van der Waals surface area (Å²) in [6.45, 7) is 2.12. The number of nitro benzene ring substituents is 1. The maximum absolute atomic E-state index is 11.0. The van der Waals surface area contributed by atoms with E-state index in [1.165, 1.54) is 6.07 Å². The second kappa shape index (κ2) is 5.01. The minimum atomic E-state index is -0.410. The van der Waals surface area contributed by atoms with Gasteiger partial charge in [-0.05, 0) is 13.0 Å². The molecule has 0 bridgehead atoms. The molecule has 0 amide bonds. The first kappa shape index (κ1) is 12.3. The average molecular weight is 265 g/mol. The van der Waals surface area contributed by atoms with Crippen LogP contribution in [0.1, 0.15) is 11.3 Å². The number of H-pyrrole nitrogens is 1. The molecule has 2 rings (SSSR count). The van der Waals surface area contributed by atoms with Crippen molar-refractivity contribution in [3.8, 4) is 0 Å². The minimum absolute atomic E-state index is 0.0822.